The van der Waals surface area contributed by atoms with Crippen molar-refractivity contribution in [3.8, 4) is 17.2 Å². The van der Waals surface area contributed by atoms with Gasteiger partial charge in [-0.3, -0.25) is 9.69 Å². The lowest BCUT2D eigenvalue weighted by molar-refractivity contribution is 0.0984. The Morgan fingerprint density at radius 2 is 1.84 bits per heavy atom. The fraction of sp³-hybridized carbons (Fsp3) is 0.167. The summed E-state index contributed by atoms with van der Waals surface area (Å²) in [5.41, 5.74) is 2.34. The van der Waals surface area contributed by atoms with Gasteiger partial charge in [0.2, 0.25) is 0 Å². The number of hydrogen-bond acceptors (Lipinski definition) is 6. The van der Waals surface area contributed by atoms with Crippen molar-refractivity contribution < 1.29 is 19.0 Å². The van der Waals surface area contributed by atoms with Crippen LogP contribution in [0.25, 0.3) is 10.2 Å². The number of amides is 1. The van der Waals surface area contributed by atoms with Crippen molar-refractivity contribution in [2.24, 2.45) is 0 Å². The second-order valence-electron chi connectivity index (χ2n) is 7.07. The molecule has 0 saturated carbocycles. The highest BCUT2D eigenvalue weighted by Gasteiger charge is 2.24. The van der Waals surface area contributed by atoms with E-state index >= 15 is 0 Å². The Labute approximate surface area is 183 Å². The number of nitrogens with zero attached hydrogens (tertiary/aromatic N) is 2. The monoisotopic (exact) mass is 432 g/mol. The average molecular weight is 433 g/mol. The van der Waals surface area contributed by atoms with Gasteiger partial charge in [0.1, 0.15) is 19.0 Å². The molecule has 7 heteroatoms. The van der Waals surface area contributed by atoms with Crippen LogP contribution in [0.5, 0.6) is 17.2 Å². The van der Waals surface area contributed by atoms with Gasteiger partial charge in [-0.05, 0) is 35.9 Å². The van der Waals surface area contributed by atoms with Crippen molar-refractivity contribution in [2.45, 2.75) is 6.54 Å². The summed E-state index contributed by atoms with van der Waals surface area (Å²) in [6.07, 6.45) is 0. The van der Waals surface area contributed by atoms with Crippen LogP contribution in [0.1, 0.15) is 15.9 Å². The molecule has 0 atom stereocenters. The first-order valence-corrected chi connectivity index (χ1v) is 10.7. The van der Waals surface area contributed by atoms with Crippen molar-refractivity contribution in [3.05, 3.63) is 77.9 Å². The smallest absolute Gasteiger partial charge is 0.260 e. The molecule has 0 aliphatic carbocycles. The molecule has 0 spiro atoms. The number of rotatable bonds is 5. The van der Waals surface area contributed by atoms with E-state index in [1.807, 2.05) is 48.5 Å². The van der Waals surface area contributed by atoms with Crippen molar-refractivity contribution in [2.75, 3.05) is 25.2 Å². The van der Waals surface area contributed by atoms with Crippen molar-refractivity contribution in [3.63, 3.8) is 0 Å². The standard InChI is InChI=1S/C24H20N2O4S/c1-28-18-8-10-22-19(14-18)25-24(31-22)26(15-16-5-3-2-4-6-16)23(27)17-7-9-20-21(13-17)30-12-11-29-20/h2-10,13-14H,11-12,15H2,1H3. The number of hydrogen-bond donors (Lipinski definition) is 0. The van der Waals surface area contributed by atoms with Gasteiger partial charge in [-0.2, -0.15) is 0 Å². The molecule has 0 fully saturated rings. The third-order valence-electron chi connectivity index (χ3n) is 5.03. The van der Waals surface area contributed by atoms with E-state index in [0.717, 1.165) is 21.5 Å². The predicted octanol–water partition coefficient (Wildman–Crippen LogP) is 4.92. The van der Waals surface area contributed by atoms with E-state index in [9.17, 15) is 4.79 Å². The zero-order valence-corrected chi connectivity index (χ0v) is 17.7. The number of benzene rings is 3. The number of anilines is 1. The number of thiazole rings is 1. The molecule has 1 amide bonds. The highest BCUT2D eigenvalue weighted by Crippen LogP contribution is 2.35. The highest BCUT2D eigenvalue weighted by atomic mass is 32.1. The molecule has 0 bridgehead atoms. The topological polar surface area (TPSA) is 60.9 Å². The first-order chi connectivity index (χ1) is 15.2. The van der Waals surface area contributed by atoms with Crippen molar-refractivity contribution >= 4 is 32.6 Å². The van der Waals surface area contributed by atoms with E-state index in [4.69, 9.17) is 19.2 Å². The Morgan fingerprint density at radius 1 is 1.03 bits per heavy atom. The van der Waals surface area contributed by atoms with E-state index in [2.05, 4.69) is 0 Å². The molecule has 6 nitrogen and oxygen atoms in total. The number of fused-ring (bicyclic) bond motifs is 2. The summed E-state index contributed by atoms with van der Waals surface area (Å²) in [4.78, 5) is 20.1. The van der Waals surface area contributed by atoms with Gasteiger partial charge < -0.3 is 14.2 Å². The Bertz CT molecular complexity index is 1240. The van der Waals surface area contributed by atoms with Crippen LogP contribution < -0.4 is 19.1 Å². The quantitative estimate of drug-likeness (QED) is 0.448. The molecule has 3 aromatic carbocycles. The van der Waals surface area contributed by atoms with Gasteiger partial charge in [-0.15, -0.1) is 0 Å². The number of carbonyl (C=O) groups excluding carboxylic acids is 1. The normalized spacial score (nSPS) is 12.5. The molecule has 5 rings (SSSR count). The van der Waals surface area contributed by atoms with Crippen LogP contribution in [-0.2, 0) is 6.54 Å². The summed E-state index contributed by atoms with van der Waals surface area (Å²) in [5.74, 6) is 1.83. The Morgan fingerprint density at radius 3 is 2.65 bits per heavy atom. The summed E-state index contributed by atoms with van der Waals surface area (Å²) in [7, 11) is 1.63. The first kappa shape index (κ1) is 19.4. The van der Waals surface area contributed by atoms with Gasteiger partial charge in [0.05, 0.1) is 23.9 Å². The maximum absolute atomic E-state index is 13.6. The number of ether oxygens (including phenoxy) is 3. The van der Waals surface area contributed by atoms with Crippen LogP contribution in [-0.4, -0.2) is 31.2 Å². The predicted molar refractivity (Wildman–Crippen MR) is 121 cm³/mol. The lowest BCUT2D eigenvalue weighted by Crippen LogP contribution is -2.30. The lowest BCUT2D eigenvalue weighted by Gasteiger charge is -2.22. The van der Waals surface area contributed by atoms with Crippen LogP contribution in [0.4, 0.5) is 5.13 Å². The molecular formula is C24H20N2O4S. The molecule has 0 saturated heterocycles. The largest absolute Gasteiger partial charge is 0.497 e. The molecular weight excluding hydrogens is 412 g/mol. The maximum atomic E-state index is 13.6. The molecule has 1 aromatic heterocycles. The SMILES string of the molecule is COc1ccc2sc(N(Cc3ccccc3)C(=O)c3ccc4c(c3)OCCO4)nc2c1. The van der Waals surface area contributed by atoms with E-state index < -0.39 is 0 Å². The minimum atomic E-state index is -0.146. The number of aromatic nitrogens is 1. The Balaban J connectivity index is 1.54. The van der Waals surface area contributed by atoms with Crippen LogP contribution >= 0.6 is 11.3 Å². The summed E-state index contributed by atoms with van der Waals surface area (Å²) in [5, 5.41) is 0.631. The Kier molecular flexibility index (Phi) is 5.18. The van der Waals surface area contributed by atoms with Crippen LogP contribution in [0.3, 0.4) is 0 Å². The van der Waals surface area contributed by atoms with Crippen LogP contribution in [0.2, 0.25) is 0 Å². The minimum absolute atomic E-state index is 0.146. The second-order valence-corrected chi connectivity index (χ2v) is 8.07. The maximum Gasteiger partial charge on any atom is 0.260 e. The molecule has 0 radical (unpaired) electrons. The van der Waals surface area contributed by atoms with Gasteiger partial charge >= 0.3 is 0 Å². The molecule has 2 heterocycles. The third kappa shape index (κ3) is 3.92. The fourth-order valence-corrected chi connectivity index (χ4v) is 4.41. The first-order valence-electron chi connectivity index (χ1n) is 9.91. The molecule has 31 heavy (non-hydrogen) atoms. The van der Waals surface area contributed by atoms with Gasteiger partial charge in [0.15, 0.2) is 16.6 Å². The number of carbonyl (C=O) groups is 1. The van der Waals surface area contributed by atoms with Gasteiger partial charge in [0.25, 0.3) is 5.91 Å². The molecule has 4 aromatic rings. The molecule has 0 N–H and O–H groups in total. The molecule has 1 aliphatic rings. The molecule has 156 valence electrons. The summed E-state index contributed by atoms with van der Waals surface area (Å²) >= 11 is 1.48. The lowest BCUT2D eigenvalue weighted by atomic mass is 10.1. The molecule has 1 aliphatic heterocycles. The van der Waals surface area contributed by atoms with E-state index in [1.54, 1.807) is 30.2 Å². The zero-order chi connectivity index (χ0) is 21.2. The van der Waals surface area contributed by atoms with Crippen LogP contribution in [0.15, 0.2) is 66.7 Å². The zero-order valence-electron chi connectivity index (χ0n) is 16.9. The van der Waals surface area contributed by atoms with E-state index in [0.29, 0.717) is 42.0 Å². The fourth-order valence-electron chi connectivity index (χ4n) is 3.46. The molecule has 0 unspecified atom stereocenters. The second kappa shape index (κ2) is 8.28. The highest BCUT2D eigenvalue weighted by molar-refractivity contribution is 7.22. The van der Waals surface area contributed by atoms with Crippen LogP contribution in [0, 0.1) is 0 Å². The van der Waals surface area contributed by atoms with E-state index in [-0.39, 0.29) is 5.91 Å². The summed E-state index contributed by atoms with van der Waals surface area (Å²) < 4.78 is 17.6. The van der Waals surface area contributed by atoms with Gasteiger partial charge in [-0.1, -0.05) is 41.7 Å². The summed E-state index contributed by atoms with van der Waals surface area (Å²) in [6.45, 7) is 1.39. The Hall–Kier alpha value is -3.58. The van der Waals surface area contributed by atoms with Crippen molar-refractivity contribution in [1.82, 2.24) is 4.98 Å². The van der Waals surface area contributed by atoms with Gasteiger partial charge in [0, 0.05) is 11.6 Å². The van der Waals surface area contributed by atoms with Gasteiger partial charge in [-0.25, -0.2) is 4.98 Å². The minimum Gasteiger partial charge on any atom is -0.497 e. The van der Waals surface area contributed by atoms with E-state index in [1.165, 1.54) is 11.3 Å². The average Bonchev–Trinajstić information content (AvgIpc) is 3.25. The number of methoxy groups -OCH3 is 1. The summed E-state index contributed by atoms with van der Waals surface area (Å²) in [6, 6.07) is 20.9. The third-order valence-corrected chi connectivity index (χ3v) is 6.09. The van der Waals surface area contributed by atoms with Crippen molar-refractivity contribution in [1.29, 1.82) is 0 Å².